The van der Waals surface area contributed by atoms with E-state index in [4.69, 9.17) is 9.52 Å². The van der Waals surface area contributed by atoms with E-state index in [-0.39, 0.29) is 11.0 Å². The highest BCUT2D eigenvalue weighted by Gasteiger charge is 2.29. The Bertz CT molecular complexity index is 1110. The minimum atomic E-state index is -4.37. The number of aliphatic hydroxyl groups is 1. The second-order valence-corrected chi connectivity index (χ2v) is 11.1. The summed E-state index contributed by atoms with van der Waals surface area (Å²) in [6.07, 6.45) is 9.72. The molecular weight excluding hydrogens is 529 g/mol. The average molecular weight is 571 g/mol. The van der Waals surface area contributed by atoms with Crippen molar-refractivity contribution in [3.8, 4) is 0 Å². The predicted molar refractivity (Wildman–Crippen MR) is 150 cm³/mol. The van der Waals surface area contributed by atoms with Gasteiger partial charge in [0.25, 0.3) is 0 Å². The Kier molecular flexibility index (Phi) is 14.7. The van der Waals surface area contributed by atoms with Gasteiger partial charge in [-0.15, -0.1) is 0 Å². The molecule has 0 saturated carbocycles. The van der Waals surface area contributed by atoms with E-state index in [1.54, 1.807) is 12.1 Å². The zero-order chi connectivity index (χ0) is 28.7. The Balaban J connectivity index is 1.93. The SMILES string of the molecule is CCCCCCCCCCCCCCC=C(Sc1ccc2c(=O)cc(C(=O)O)oc2c1)[C@H](O)CCC(F)(F)F. The van der Waals surface area contributed by atoms with Crippen molar-refractivity contribution in [2.24, 2.45) is 0 Å². The van der Waals surface area contributed by atoms with Crippen molar-refractivity contribution in [2.75, 3.05) is 0 Å². The molecule has 0 aliphatic rings. The minimum Gasteiger partial charge on any atom is -0.475 e. The van der Waals surface area contributed by atoms with Gasteiger partial charge >= 0.3 is 12.1 Å². The third-order valence-corrected chi connectivity index (χ3v) is 7.74. The lowest BCUT2D eigenvalue weighted by Gasteiger charge is -2.16. The highest BCUT2D eigenvalue weighted by atomic mass is 32.2. The lowest BCUT2D eigenvalue weighted by atomic mass is 10.0. The molecule has 0 spiro atoms. The maximum Gasteiger partial charge on any atom is 0.389 e. The lowest BCUT2D eigenvalue weighted by molar-refractivity contribution is -0.138. The summed E-state index contributed by atoms with van der Waals surface area (Å²) >= 11 is 1.10. The number of benzene rings is 1. The third-order valence-electron chi connectivity index (χ3n) is 6.58. The zero-order valence-corrected chi connectivity index (χ0v) is 23.5. The fourth-order valence-electron chi connectivity index (χ4n) is 4.36. The normalized spacial score (nSPS) is 13.2. The number of aliphatic hydroxyl groups excluding tert-OH is 1. The number of hydrogen-bond donors (Lipinski definition) is 2. The number of rotatable bonds is 19. The number of thioether (sulfide) groups is 1. The Labute approximate surface area is 232 Å². The Morgan fingerprint density at radius 3 is 2.13 bits per heavy atom. The molecule has 1 aromatic carbocycles. The summed E-state index contributed by atoms with van der Waals surface area (Å²) < 4.78 is 43.6. The van der Waals surface area contributed by atoms with Crippen molar-refractivity contribution in [3.05, 3.63) is 51.2 Å². The van der Waals surface area contributed by atoms with Gasteiger partial charge in [-0.3, -0.25) is 4.79 Å². The topological polar surface area (TPSA) is 87.7 Å². The molecular formula is C30H41F3O5S. The monoisotopic (exact) mass is 570 g/mol. The van der Waals surface area contributed by atoms with Crippen LogP contribution in [0, 0.1) is 0 Å². The number of carboxylic acids is 1. The van der Waals surface area contributed by atoms with Crippen LogP contribution in [-0.2, 0) is 0 Å². The van der Waals surface area contributed by atoms with E-state index in [0.717, 1.165) is 37.1 Å². The molecule has 2 aromatic rings. The summed E-state index contributed by atoms with van der Waals surface area (Å²) in [6.45, 7) is 2.22. The summed E-state index contributed by atoms with van der Waals surface area (Å²) in [5.41, 5.74) is -0.437. The maximum absolute atomic E-state index is 12.8. The molecule has 5 nitrogen and oxygen atoms in total. The Morgan fingerprint density at radius 2 is 1.56 bits per heavy atom. The second-order valence-electron chi connectivity index (χ2n) is 9.99. The first-order valence-corrected chi connectivity index (χ1v) is 14.9. The van der Waals surface area contributed by atoms with Gasteiger partial charge in [-0.2, -0.15) is 13.2 Å². The maximum atomic E-state index is 12.8. The number of alkyl halides is 3. The molecule has 0 bridgehead atoms. The van der Waals surface area contributed by atoms with E-state index in [1.807, 2.05) is 0 Å². The van der Waals surface area contributed by atoms with Crippen LogP contribution in [0.2, 0.25) is 0 Å². The van der Waals surface area contributed by atoms with Crippen LogP contribution in [0.15, 0.2) is 49.4 Å². The van der Waals surface area contributed by atoms with Crippen LogP contribution in [0.4, 0.5) is 13.2 Å². The zero-order valence-electron chi connectivity index (χ0n) is 22.7. The molecule has 1 aromatic heterocycles. The standard InChI is InChI=1S/C30H41F3O5S/c1-2-3-4-5-6-7-8-9-10-11-12-13-14-15-28(24(34)18-19-30(31,32)33)39-22-16-17-23-25(35)21-27(29(36)37)38-26(23)20-22/h15-17,20-21,24,34H,2-14,18-19H2,1H3,(H,36,37)/t24-/m1/s1. The number of halogens is 3. The molecule has 0 radical (unpaired) electrons. The van der Waals surface area contributed by atoms with Crippen LogP contribution >= 0.6 is 11.8 Å². The molecule has 0 saturated heterocycles. The summed E-state index contributed by atoms with van der Waals surface area (Å²) in [5, 5.41) is 19.9. The quantitative estimate of drug-likeness (QED) is 0.129. The number of carbonyl (C=O) groups is 1. The van der Waals surface area contributed by atoms with Gasteiger partial charge in [-0.1, -0.05) is 95.4 Å². The number of aromatic carboxylic acids is 1. The molecule has 0 aliphatic carbocycles. The van der Waals surface area contributed by atoms with Crippen LogP contribution in [0.1, 0.15) is 114 Å². The molecule has 1 atom stereocenters. The summed E-state index contributed by atoms with van der Waals surface area (Å²) in [4.78, 5) is 24.3. The first-order valence-electron chi connectivity index (χ1n) is 14.0. The van der Waals surface area contributed by atoms with Gasteiger partial charge in [0.05, 0.1) is 11.5 Å². The molecule has 9 heteroatoms. The van der Waals surface area contributed by atoms with Crippen LogP contribution in [-0.4, -0.2) is 28.5 Å². The van der Waals surface area contributed by atoms with E-state index in [1.165, 1.54) is 69.9 Å². The summed E-state index contributed by atoms with van der Waals surface area (Å²) in [5.74, 6) is -1.87. The third kappa shape index (κ3) is 13.1. The van der Waals surface area contributed by atoms with Gasteiger partial charge in [0.2, 0.25) is 5.76 Å². The van der Waals surface area contributed by atoms with Gasteiger partial charge in [0, 0.05) is 22.3 Å². The van der Waals surface area contributed by atoms with Crippen molar-refractivity contribution in [3.63, 3.8) is 0 Å². The van der Waals surface area contributed by atoms with E-state index >= 15 is 0 Å². The van der Waals surface area contributed by atoms with Crippen LogP contribution in [0.3, 0.4) is 0 Å². The first kappa shape index (κ1) is 32.9. The number of fused-ring (bicyclic) bond motifs is 1. The number of unbranched alkanes of at least 4 members (excludes halogenated alkanes) is 12. The minimum absolute atomic E-state index is 0.0648. The molecule has 2 N–H and O–H groups in total. The molecule has 0 amide bonds. The van der Waals surface area contributed by atoms with Crippen LogP contribution in [0.25, 0.3) is 11.0 Å². The van der Waals surface area contributed by atoms with Crippen molar-refractivity contribution >= 4 is 28.7 Å². The highest BCUT2D eigenvalue weighted by molar-refractivity contribution is 8.03. The second kappa shape index (κ2) is 17.4. The van der Waals surface area contributed by atoms with E-state index in [9.17, 15) is 27.9 Å². The molecule has 0 aliphatic heterocycles. The van der Waals surface area contributed by atoms with Gasteiger partial charge in [0.15, 0.2) is 5.43 Å². The lowest BCUT2D eigenvalue weighted by Crippen LogP contribution is -2.15. The van der Waals surface area contributed by atoms with E-state index in [2.05, 4.69) is 6.92 Å². The summed E-state index contributed by atoms with van der Waals surface area (Å²) in [6, 6.07) is 5.47. The number of hydrogen-bond acceptors (Lipinski definition) is 5. The van der Waals surface area contributed by atoms with Gasteiger partial charge in [-0.25, -0.2) is 4.79 Å². The largest absolute Gasteiger partial charge is 0.475 e. The summed E-state index contributed by atoms with van der Waals surface area (Å²) in [7, 11) is 0. The van der Waals surface area contributed by atoms with Gasteiger partial charge < -0.3 is 14.6 Å². The van der Waals surface area contributed by atoms with E-state index in [0.29, 0.717) is 16.2 Å². The first-order chi connectivity index (χ1) is 18.6. The van der Waals surface area contributed by atoms with Gasteiger partial charge in [0.1, 0.15) is 5.58 Å². The van der Waals surface area contributed by atoms with E-state index < -0.39 is 42.3 Å². The predicted octanol–water partition coefficient (Wildman–Crippen LogP) is 9.26. The highest BCUT2D eigenvalue weighted by Crippen LogP contribution is 2.34. The number of allylic oxidation sites excluding steroid dienone is 1. The fraction of sp³-hybridized carbons (Fsp3) is 0.600. The van der Waals surface area contributed by atoms with Crippen molar-refractivity contribution < 1.29 is 32.6 Å². The van der Waals surface area contributed by atoms with Crippen LogP contribution in [0.5, 0.6) is 0 Å². The molecule has 0 fully saturated rings. The number of carboxylic acid groups (broad SMARTS) is 1. The van der Waals surface area contributed by atoms with Crippen molar-refractivity contribution in [1.82, 2.24) is 0 Å². The van der Waals surface area contributed by atoms with Crippen LogP contribution < -0.4 is 5.43 Å². The fourth-order valence-corrected chi connectivity index (χ4v) is 5.39. The molecule has 218 valence electrons. The smallest absolute Gasteiger partial charge is 0.389 e. The molecule has 1 heterocycles. The molecule has 2 rings (SSSR count). The average Bonchev–Trinajstić information content (AvgIpc) is 2.88. The van der Waals surface area contributed by atoms with Gasteiger partial charge in [-0.05, 0) is 37.5 Å². The van der Waals surface area contributed by atoms with Crippen molar-refractivity contribution in [2.45, 2.75) is 120 Å². The Morgan fingerprint density at radius 1 is 0.974 bits per heavy atom. The van der Waals surface area contributed by atoms with Crippen molar-refractivity contribution in [1.29, 1.82) is 0 Å². The molecule has 39 heavy (non-hydrogen) atoms. The Hall–Kier alpha value is -2.26. The molecule has 0 unspecified atom stereocenters.